The molecule has 0 unspecified atom stereocenters. The molecule has 0 spiro atoms. The summed E-state index contributed by atoms with van der Waals surface area (Å²) in [5.41, 5.74) is 6.42. The van der Waals surface area contributed by atoms with Crippen LogP contribution >= 0.6 is 0 Å². The molecule has 22 heavy (non-hydrogen) atoms. The van der Waals surface area contributed by atoms with Gasteiger partial charge < -0.3 is 15.9 Å². The van der Waals surface area contributed by atoms with Gasteiger partial charge in [-0.3, -0.25) is 14.3 Å². The number of nitrogens with one attached hydrogen (secondary N) is 1. The molecule has 0 atom stereocenters. The molecule has 1 aliphatic rings. The van der Waals surface area contributed by atoms with E-state index in [4.69, 9.17) is 5.73 Å². The van der Waals surface area contributed by atoms with Crippen LogP contribution in [0, 0.1) is 11.1 Å². The predicted molar refractivity (Wildman–Crippen MR) is 74.3 cm³/mol. The molecule has 9 heteroatoms. The number of carbonyl (C=O) groups is 1. The Hall–Kier alpha value is -2.42. The van der Waals surface area contributed by atoms with Gasteiger partial charge in [-0.25, -0.2) is 4.98 Å². The number of imidazole rings is 1. The Balaban J connectivity index is 1.55. The van der Waals surface area contributed by atoms with E-state index in [1.54, 1.807) is 6.33 Å². The van der Waals surface area contributed by atoms with Crippen LogP contribution in [-0.2, 0) is 13.0 Å². The Morgan fingerprint density at radius 1 is 1.55 bits per heavy atom. The maximum atomic E-state index is 11.3. The summed E-state index contributed by atoms with van der Waals surface area (Å²) in [6, 6.07) is 0. The highest BCUT2D eigenvalue weighted by molar-refractivity contribution is 5.90. The largest absolute Gasteiger partial charge is 0.362 e. The number of nitrogens with zero attached hydrogens (tertiary/aromatic N) is 4. The van der Waals surface area contributed by atoms with Gasteiger partial charge in [0.15, 0.2) is 0 Å². The van der Waals surface area contributed by atoms with E-state index in [-0.39, 0.29) is 10.6 Å². The summed E-state index contributed by atoms with van der Waals surface area (Å²) in [6.07, 6.45) is 6.62. The summed E-state index contributed by atoms with van der Waals surface area (Å²) in [4.78, 5) is 20.6. The predicted octanol–water partition coefficient (Wildman–Crippen LogP) is -0.415. The molecule has 3 heterocycles. The van der Waals surface area contributed by atoms with Crippen LogP contribution < -0.4 is 10.6 Å². The highest BCUT2D eigenvalue weighted by atomic mass is 16.8. The number of primary amides is 1. The first-order valence-corrected chi connectivity index (χ1v) is 7.21. The summed E-state index contributed by atoms with van der Waals surface area (Å²) >= 11 is 0. The van der Waals surface area contributed by atoms with Crippen LogP contribution in [0.5, 0.6) is 0 Å². The first kappa shape index (κ1) is 14.5. The van der Waals surface area contributed by atoms with Crippen LogP contribution in [0.3, 0.4) is 0 Å². The fourth-order valence-corrected chi connectivity index (χ4v) is 2.88. The molecule has 1 saturated heterocycles. The number of aromatic nitrogens is 4. The van der Waals surface area contributed by atoms with E-state index in [2.05, 4.69) is 24.7 Å². The van der Waals surface area contributed by atoms with Crippen molar-refractivity contribution >= 4 is 5.91 Å². The third-order valence-electron chi connectivity index (χ3n) is 4.06. The number of amides is 1. The van der Waals surface area contributed by atoms with Gasteiger partial charge in [-0.15, -0.1) is 0 Å². The molecule has 2 aromatic heterocycles. The summed E-state index contributed by atoms with van der Waals surface area (Å²) in [5.74, 6) is -0.213. The fraction of sp³-hybridized carbons (Fsp3) is 0.538. The fourth-order valence-electron chi connectivity index (χ4n) is 2.88. The zero-order chi connectivity index (χ0) is 15.5. The molecule has 3 N–H and O–H groups in total. The quantitative estimate of drug-likeness (QED) is 0.722. The molecule has 1 fully saturated rings. The highest BCUT2D eigenvalue weighted by Gasteiger charge is 2.28. The van der Waals surface area contributed by atoms with Crippen molar-refractivity contribution in [2.75, 3.05) is 13.1 Å². The first-order valence-electron chi connectivity index (χ1n) is 7.21. The normalized spacial score (nSPS) is 16.9. The van der Waals surface area contributed by atoms with Crippen LogP contribution in [0.4, 0.5) is 0 Å². The molecule has 1 amide bonds. The maximum Gasteiger partial charge on any atom is 0.297 e. The SMILES string of the molecule is NC(=O)c1c(CN2CCC(Cc3cnc[nH]3)CC2)no[n+]1[O-]. The van der Waals surface area contributed by atoms with E-state index in [1.807, 2.05) is 6.20 Å². The molecule has 3 rings (SSSR count). The number of H-pyrrole nitrogens is 1. The van der Waals surface area contributed by atoms with Gasteiger partial charge in [0.05, 0.1) is 12.9 Å². The van der Waals surface area contributed by atoms with Crippen molar-refractivity contribution in [2.24, 2.45) is 11.7 Å². The number of hydrogen-bond acceptors (Lipinski definition) is 6. The monoisotopic (exact) mass is 306 g/mol. The van der Waals surface area contributed by atoms with Crippen molar-refractivity contribution in [1.82, 2.24) is 20.0 Å². The van der Waals surface area contributed by atoms with Crippen molar-refractivity contribution in [3.05, 3.63) is 34.8 Å². The second kappa shape index (κ2) is 6.14. The minimum Gasteiger partial charge on any atom is -0.362 e. The van der Waals surface area contributed by atoms with Crippen molar-refractivity contribution in [3.63, 3.8) is 0 Å². The van der Waals surface area contributed by atoms with Crippen LogP contribution in [0.15, 0.2) is 17.2 Å². The Bertz CT molecular complexity index is 630. The molecule has 0 radical (unpaired) electrons. The Morgan fingerprint density at radius 3 is 2.95 bits per heavy atom. The van der Waals surface area contributed by atoms with Crippen LogP contribution in [0.1, 0.15) is 34.7 Å². The number of nitrogens with two attached hydrogens (primary N) is 1. The van der Waals surface area contributed by atoms with Gasteiger partial charge in [0.25, 0.3) is 11.6 Å². The first-order chi connectivity index (χ1) is 10.6. The zero-order valence-corrected chi connectivity index (χ0v) is 12.1. The highest BCUT2D eigenvalue weighted by Crippen LogP contribution is 2.22. The molecular formula is C13H18N6O3. The summed E-state index contributed by atoms with van der Waals surface area (Å²) in [6.45, 7) is 2.15. The molecule has 0 aromatic carbocycles. The number of likely N-dealkylation sites (tertiary alicyclic amines) is 1. The van der Waals surface area contributed by atoms with Gasteiger partial charge >= 0.3 is 0 Å². The van der Waals surface area contributed by atoms with Crippen LogP contribution in [0.2, 0.25) is 0 Å². The average molecular weight is 306 g/mol. The Morgan fingerprint density at radius 2 is 2.32 bits per heavy atom. The summed E-state index contributed by atoms with van der Waals surface area (Å²) < 4.78 is 4.46. The van der Waals surface area contributed by atoms with Crippen molar-refractivity contribution in [1.29, 1.82) is 0 Å². The lowest BCUT2D eigenvalue weighted by Crippen LogP contribution is -2.37. The van der Waals surface area contributed by atoms with Gasteiger partial charge in [0.2, 0.25) is 5.69 Å². The smallest absolute Gasteiger partial charge is 0.297 e. The zero-order valence-electron chi connectivity index (χ0n) is 12.1. The van der Waals surface area contributed by atoms with E-state index < -0.39 is 5.91 Å². The number of hydrogen-bond donors (Lipinski definition) is 2. The number of aromatic amines is 1. The molecule has 0 aliphatic carbocycles. The Labute approximate surface area is 126 Å². The molecule has 0 bridgehead atoms. The summed E-state index contributed by atoms with van der Waals surface area (Å²) in [5, 5.41) is 14.9. The number of carbonyl (C=O) groups excluding carboxylic acids is 1. The van der Waals surface area contributed by atoms with Gasteiger partial charge in [0.1, 0.15) is 0 Å². The second-order valence-electron chi connectivity index (χ2n) is 5.59. The van der Waals surface area contributed by atoms with Gasteiger partial charge in [-0.05, 0) is 43.2 Å². The second-order valence-corrected chi connectivity index (χ2v) is 5.59. The van der Waals surface area contributed by atoms with E-state index >= 15 is 0 Å². The van der Waals surface area contributed by atoms with Crippen LogP contribution in [0.25, 0.3) is 0 Å². The van der Waals surface area contributed by atoms with E-state index in [0.717, 1.165) is 38.0 Å². The van der Waals surface area contributed by atoms with Crippen molar-refractivity contribution < 1.29 is 14.3 Å². The van der Waals surface area contributed by atoms with E-state index in [1.165, 1.54) is 0 Å². The summed E-state index contributed by atoms with van der Waals surface area (Å²) in [7, 11) is 0. The topological polar surface area (TPSA) is 128 Å². The third kappa shape index (κ3) is 3.08. The lowest BCUT2D eigenvalue weighted by molar-refractivity contribution is -0.803. The Kier molecular flexibility index (Phi) is 4.05. The number of piperidine rings is 1. The van der Waals surface area contributed by atoms with E-state index in [0.29, 0.717) is 18.2 Å². The average Bonchev–Trinajstić information content (AvgIpc) is 3.11. The lowest BCUT2D eigenvalue weighted by Gasteiger charge is -2.30. The molecule has 1 aliphatic heterocycles. The van der Waals surface area contributed by atoms with Crippen molar-refractivity contribution in [2.45, 2.75) is 25.8 Å². The molecule has 0 saturated carbocycles. The third-order valence-corrected chi connectivity index (χ3v) is 4.06. The minimum absolute atomic E-state index is 0.0721. The minimum atomic E-state index is -0.819. The van der Waals surface area contributed by atoms with Gasteiger partial charge in [-0.2, -0.15) is 0 Å². The molecular weight excluding hydrogens is 288 g/mol. The van der Waals surface area contributed by atoms with E-state index in [9.17, 15) is 10.0 Å². The lowest BCUT2D eigenvalue weighted by atomic mass is 9.92. The number of rotatable bonds is 5. The molecule has 9 nitrogen and oxygen atoms in total. The van der Waals surface area contributed by atoms with Crippen LogP contribution in [-0.4, -0.2) is 39.0 Å². The molecule has 2 aromatic rings. The maximum absolute atomic E-state index is 11.3. The van der Waals surface area contributed by atoms with Gasteiger partial charge in [-0.1, -0.05) is 0 Å². The standard InChI is InChI=1S/C13H18N6O3/c14-13(20)12-11(17-22-19(12)21)7-18-3-1-9(2-4-18)5-10-6-15-8-16-10/h6,8-9H,1-5,7H2,(H2,14,20)(H,15,16). The van der Waals surface area contributed by atoms with Crippen molar-refractivity contribution in [3.8, 4) is 0 Å². The molecule has 118 valence electrons. The van der Waals surface area contributed by atoms with Gasteiger partial charge in [0, 0.05) is 17.0 Å².